The van der Waals surface area contributed by atoms with Crippen molar-refractivity contribution in [1.29, 1.82) is 0 Å². The molecule has 0 spiro atoms. The first-order chi connectivity index (χ1) is 11.2. The topological polar surface area (TPSA) is 74.3 Å². The summed E-state index contributed by atoms with van der Waals surface area (Å²) >= 11 is 1.08. The van der Waals surface area contributed by atoms with Crippen molar-refractivity contribution in [3.63, 3.8) is 0 Å². The highest BCUT2D eigenvalue weighted by Gasteiger charge is 2.19. The van der Waals surface area contributed by atoms with Crippen molar-refractivity contribution in [2.75, 3.05) is 18.5 Å². The molecule has 0 saturated carbocycles. The number of aromatic carboxylic acids is 1. The summed E-state index contributed by atoms with van der Waals surface area (Å²) in [6.45, 7) is 11.2. The lowest BCUT2D eigenvalue weighted by Crippen LogP contribution is -2.21. The number of carbonyl (C=O) groups excluding carboxylic acids is 1. The van der Waals surface area contributed by atoms with Crippen LogP contribution in [-0.4, -0.2) is 24.1 Å². The van der Waals surface area contributed by atoms with E-state index in [9.17, 15) is 9.90 Å². The van der Waals surface area contributed by atoms with Crippen LogP contribution in [0.2, 0.25) is 0 Å². The van der Waals surface area contributed by atoms with E-state index in [-0.39, 0.29) is 10.3 Å². The number of aromatic nitrogens is 1. The third-order valence-electron chi connectivity index (χ3n) is 3.56. The maximum atomic E-state index is 10.9. The van der Waals surface area contributed by atoms with Crippen molar-refractivity contribution < 1.29 is 14.6 Å². The zero-order valence-electron chi connectivity index (χ0n) is 14.7. The highest BCUT2D eigenvalue weighted by atomic mass is 32.1. The van der Waals surface area contributed by atoms with E-state index in [0.717, 1.165) is 17.1 Å². The summed E-state index contributed by atoms with van der Waals surface area (Å²) in [7, 11) is 0. The molecule has 1 heterocycles. The second-order valence-corrected chi connectivity index (χ2v) is 7.74. The highest BCUT2D eigenvalue weighted by molar-refractivity contribution is 7.17. The Morgan fingerprint density at radius 1 is 1.33 bits per heavy atom. The molecule has 0 amide bonds. The first-order valence-electron chi connectivity index (χ1n) is 7.85. The average Bonchev–Trinajstić information content (AvgIpc) is 2.85. The van der Waals surface area contributed by atoms with E-state index < -0.39 is 5.97 Å². The van der Waals surface area contributed by atoms with Gasteiger partial charge in [-0.1, -0.05) is 49.8 Å². The normalized spacial score (nSPS) is 11.4. The minimum absolute atomic E-state index is 0.00455. The third kappa shape index (κ3) is 4.47. The van der Waals surface area contributed by atoms with Crippen LogP contribution >= 0.6 is 11.3 Å². The molecule has 24 heavy (non-hydrogen) atoms. The first-order valence-corrected chi connectivity index (χ1v) is 8.66. The van der Waals surface area contributed by atoms with Crippen LogP contribution in [0.3, 0.4) is 0 Å². The second kappa shape index (κ2) is 7.21. The minimum atomic E-state index is -1.19. The summed E-state index contributed by atoms with van der Waals surface area (Å²) in [5.41, 5.74) is 2.85. The van der Waals surface area contributed by atoms with Gasteiger partial charge in [0.1, 0.15) is 12.4 Å². The Bertz CT molecular complexity index is 732. The maximum Gasteiger partial charge on any atom is 0.183 e. The molecule has 1 N–H and O–H groups in total. The summed E-state index contributed by atoms with van der Waals surface area (Å²) in [6, 6.07) is 6.19. The van der Waals surface area contributed by atoms with E-state index >= 15 is 0 Å². The van der Waals surface area contributed by atoms with Crippen molar-refractivity contribution >= 4 is 22.4 Å². The van der Waals surface area contributed by atoms with Gasteiger partial charge in [-0.25, -0.2) is 4.98 Å². The van der Waals surface area contributed by atoms with Gasteiger partial charge in [0, 0.05) is 0 Å². The number of anilines is 1. The van der Waals surface area contributed by atoms with Crippen LogP contribution in [0.5, 0.6) is 5.75 Å². The summed E-state index contributed by atoms with van der Waals surface area (Å²) in [6.07, 6.45) is 0. The molecule has 1 aromatic heterocycles. The molecule has 0 radical (unpaired) electrons. The van der Waals surface area contributed by atoms with Crippen LogP contribution in [-0.2, 0) is 5.41 Å². The van der Waals surface area contributed by atoms with E-state index in [4.69, 9.17) is 4.74 Å². The molecular weight excluding hydrogens is 324 g/mol. The lowest BCUT2D eigenvalue weighted by Gasteiger charge is -2.23. The number of rotatable bonds is 6. The van der Waals surface area contributed by atoms with Gasteiger partial charge in [0.05, 0.1) is 23.1 Å². The predicted octanol–water partition coefficient (Wildman–Crippen LogP) is 2.91. The van der Waals surface area contributed by atoms with Crippen LogP contribution in [0.25, 0.3) is 0 Å². The molecular formula is C18H23N2O3S-. The molecule has 0 saturated heterocycles. The van der Waals surface area contributed by atoms with Gasteiger partial charge in [-0.3, -0.25) is 0 Å². The molecule has 0 bridgehead atoms. The van der Waals surface area contributed by atoms with Crippen LogP contribution in [0.1, 0.15) is 47.3 Å². The van der Waals surface area contributed by atoms with Gasteiger partial charge in [0.15, 0.2) is 5.13 Å². The van der Waals surface area contributed by atoms with E-state index in [1.807, 2.05) is 12.1 Å². The van der Waals surface area contributed by atoms with Gasteiger partial charge in [-0.05, 0) is 30.9 Å². The molecule has 0 atom stereocenters. The number of nitrogens with zero attached hydrogens (tertiary/aromatic N) is 1. The molecule has 2 rings (SSSR count). The summed E-state index contributed by atoms with van der Waals surface area (Å²) < 4.78 is 5.91. The Morgan fingerprint density at radius 2 is 2.04 bits per heavy atom. The van der Waals surface area contributed by atoms with E-state index in [2.05, 4.69) is 44.1 Å². The van der Waals surface area contributed by atoms with Gasteiger partial charge < -0.3 is 20.0 Å². The predicted molar refractivity (Wildman–Crippen MR) is 95.0 cm³/mol. The standard InChI is InChI=1S/C18H24N2O3S/c1-11-6-7-14(13(10-11)18(3,4)5)23-9-8-19-17-20-12(2)15(24-17)16(21)22/h6-7,10H,8-9H2,1-5H3,(H,19,20)(H,21,22)/p-1. The van der Waals surface area contributed by atoms with Crippen molar-refractivity contribution in [2.24, 2.45) is 0 Å². The SMILES string of the molecule is Cc1ccc(OCCNc2nc(C)c(C(=O)[O-])s2)c(C(C)(C)C)c1. The summed E-state index contributed by atoms with van der Waals surface area (Å²) in [4.78, 5) is 15.3. The average molecular weight is 347 g/mol. The zero-order valence-corrected chi connectivity index (χ0v) is 15.5. The van der Waals surface area contributed by atoms with Crippen molar-refractivity contribution in [3.8, 4) is 5.75 Å². The van der Waals surface area contributed by atoms with Crippen LogP contribution in [0.4, 0.5) is 5.13 Å². The smallest absolute Gasteiger partial charge is 0.183 e. The number of hydrogen-bond acceptors (Lipinski definition) is 6. The number of benzene rings is 1. The molecule has 6 heteroatoms. The minimum Gasteiger partial charge on any atom is -0.544 e. The fourth-order valence-corrected chi connectivity index (χ4v) is 3.16. The first kappa shape index (κ1) is 18.3. The Morgan fingerprint density at radius 3 is 2.62 bits per heavy atom. The Hall–Kier alpha value is -2.08. The fourth-order valence-electron chi connectivity index (χ4n) is 2.34. The zero-order chi connectivity index (χ0) is 17.9. The lowest BCUT2D eigenvalue weighted by atomic mass is 9.85. The monoisotopic (exact) mass is 347 g/mol. The van der Waals surface area contributed by atoms with Crippen LogP contribution < -0.4 is 15.2 Å². The van der Waals surface area contributed by atoms with Crippen LogP contribution in [0, 0.1) is 13.8 Å². The number of hydrogen-bond donors (Lipinski definition) is 1. The number of ether oxygens (including phenoxy) is 1. The van der Waals surface area contributed by atoms with E-state index in [1.165, 1.54) is 11.1 Å². The number of carbonyl (C=O) groups is 1. The molecule has 5 nitrogen and oxygen atoms in total. The van der Waals surface area contributed by atoms with Gasteiger partial charge in [0.25, 0.3) is 0 Å². The quantitative estimate of drug-likeness (QED) is 0.813. The Kier molecular flexibility index (Phi) is 5.49. The number of nitrogens with one attached hydrogen (secondary N) is 1. The number of thiazole rings is 1. The maximum absolute atomic E-state index is 10.9. The lowest BCUT2D eigenvalue weighted by molar-refractivity contribution is -0.254. The molecule has 0 aliphatic rings. The second-order valence-electron chi connectivity index (χ2n) is 6.75. The van der Waals surface area contributed by atoms with Gasteiger partial charge >= 0.3 is 0 Å². The highest BCUT2D eigenvalue weighted by Crippen LogP contribution is 2.32. The molecule has 0 unspecified atom stereocenters. The summed E-state index contributed by atoms with van der Waals surface area (Å²) in [5, 5.41) is 14.6. The third-order valence-corrected chi connectivity index (χ3v) is 4.66. The van der Waals surface area contributed by atoms with Crippen molar-refractivity contribution in [1.82, 2.24) is 4.98 Å². The molecule has 0 aliphatic heterocycles. The molecule has 0 aliphatic carbocycles. The van der Waals surface area contributed by atoms with Gasteiger partial charge in [0.2, 0.25) is 0 Å². The summed E-state index contributed by atoms with van der Waals surface area (Å²) in [5.74, 6) is -0.315. The van der Waals surface area contributed by atoms with Crippen LogP contribution in [0.15, 0.2) is 18.2 Å². The number of carboxylic acid groups (broad SMARTS) is 1. The Labute approximate surface area is 146 Å². The van der Waals surface area contributed by atoms with Crippen molar-refractivity contribution in [3.05, 3.63) is 39.9 Å². The fraction of sp³-hybridized carbons (Fsp3) is 0.444. The van der Waals surface area contributed by atoms with Crippen molar-refractivity contribution in [2.45, 2.75) is 40.0 Å². The molecule has 1 aromatic carbocycles. The van der Waals surface area contributed by atoms with E-state index in [0.29, 0.717) is 24.0 Å². The number of carboxylic acids is 1. The number of aryl methyl sites for hydroxylation is 2. The van der Waals surface area contributed by atoms with Gasteiger partial charge in [-0.2, -0.15) is 0 Å². The Balaban J connectivity index is 1.96. The van der Waals surface area contributed by atoms with Gasteiger partial charge in [-0.15, -0.1) is 0 Å². The van der Waals surface area contributed by atoms with E-state index in [1.54, 1.807) is 6.92 Å². The molecule has 0 fully saturated rings. The molecule has 2 aromatic rings. The largest absolute Gasteiger partial charge is 0.544 e. The molecule has 130 valence electrons.